The fourth-order valence-electron chi connectivity index (χ4n) is 4.22. The molecule has 3 atom stereocenters. The van der Waals surface area contributed by atoms with Gasteiger partial charge in [0.25, 0.3) is 11.9 Å². The molecular formula is C27H24F3N7O3. The van der Waals surface area contributed by atoms with E-state index in [2.05, 4.69) is 25.6 Å². The van der Waals surface area contributed by atoms with E-state index in [4.69, 9.17) is 15.9 Å². The highest BCUT2D eigenvalue weighted by molar-refractivity contribution is 6.19. The summed E-state index contributed by atoms with van der Waals surface area (Å²) in [4.78, 5) is 25.3. The average Bonchev–Trinajstić information content (AvgIpc) is 3.06. The Bertz CT molecular complexity index is 1510. The summed E-state index contributed by atoms with van der Waals surface area (Å²) in [6.45, 7) is 0. The van der Waals surface area contributed by atoms with Crippen molar-refractivity contribution in [1.29, 1.82) is 5.41 Å². The van der Waals surface area contributed by atoms with E-state index < -0.39 is 47.9 Å². The van der Waals surface area contributed by atoms with Gasteiger partial charge in [-0.25, -0.2) is 9.98 Å². The molecule has 1 fully saturated rings. The minimum Gasteiger partial charge on any atom is -0.405 e. The van der Waals surface area contributed by atoms with Crippen LogP contribution in [0.15, 0.2) is 76.8 Å². The number of benzene rings is 2. The van der Waals surface area contributed by atoms with E-state index in [0.29, 0.717) is 36.0 Å². The van der Waals surface area contributed by atoms with Crippen molar-refractivity contribution in [2.24, 2.45) is 15.7 Å². The van der Waals surface area contributed by atoms with E-state index in [1.165, 1.54) is 0 Å². The molecule has 206 valence electrons. The number of amides is 1. The second-order valence-electron chi connectivity index (χ2n) is 9.16. The van der Waals surface area contributed by atoms with Gasteiger partial charge in [0.05, 0.1) is 34.8 Å². The zero-order chi connectivity index (χ0) is 28.4. The number of carbonyl (C=O) groups is 1. The summed E-state index contributed by atoms with van der Waals surface area (Å²) in [5, 5.41) is 23.8. The number of aliphatic hydroxyl groups excluding tert-OH is 1. The zero-order valence-corrected chi connectivity index (χ0v) is 20.8. The summed E-state index contributed by atoms with van der Waals surface area (Å²) in [5.41, 5.74) is 6.81. The topological polar surface area (TPSA) is 158 Å². The number of alkyl halides is 3. The molecule has 1 aromatic heterocycles. The normalized spacial score (nSPS) is 20.8. The number of aliphatic imine (C=N–C) groups is 2. The van der Waals surface area contributed by atoms with Crippen molar-refractivity contribution in [2.75, 3.05) is 10.6 Å². The van der Waals surface area contributed by atoms with Crippen molar-refractivity contribution in [2.45, 2.75) is 37.3 Å². The molecule has 0 bridgehead atoms. The van der Waals surface area contributed by atoms with E-state index in [9.17, 15) is 23.1 Å². The van der Waals surface area contributed by atoms with Crippen LogP contribution >= 0.6 is 0 Å². The van der Waals surface area contributed by atoms with Gasteiger partial charge in [-0.2, -0.15) is 18.2 Å². The highest BCUT2D eigenvalue weighted by Crippen LogP contribution is 2.33. The third-order valence-corrected chi connectivity index (χ3v) is 6.44. The maximum atomic E-state index is 13.3. The smallest absolute Gasteiger partial charge is 0.405 e. The molecule has 10 nitrogen and oxygen atoms in total. The van der Waals surface area contributed by atoms with Crippen LogP contribution in [0.5, 0.6) is 0 Å². The second kappa shape index (κ2) is 10.8. The molecule has 6 N–H and O–H groups in total. The lowest BCUT2D eigenvalue weighted by molar-refractivity contribution is -0.137. The number of para-hydroxylation sites is 1. The number of benzodiazepines with no additional fused rings is 1. The Hall–Kier alpha value is -4.78. The SMILES string of the molecule is N=C(OC(N)=N[C@H]1N=C(c2ccccc2)c2ccccc2NC1=O)c1ncc(C(F)(F)F)cc1N[C@H]1CC[C@H]1O. The molecule has 2 aliphatic rings. The fourth-order valence-corrected chi connectivity index (χ4v) is 4.22. The molecule has 1 aliphatic carbocycles. The van der Waals surface area contributed by atoms with Crippen molar-refractivity contribution in [3.63, 3.8) is 0 Å². The van der Waals surface area contributed by atoms with Gasteiger partial charge in [0, 0.05) is 17.3 Å². The Labute approximate surface area is 226 Å². The predicted octanol–water partition coefficient (Wildman–Crippen LogP) is 3.51. The van der Waals surface area contributed by atoms with Gasteiger partial charge in [-0.15, -0.1) is 0 Å². The number of aromatic nitrogens is 1. The molecule has 1 amide bonds. The van der Waals surface area contributed by atoms with Crippen molar-refractivity contribution < 1.29 is 27.8 Å². The predicted molar refractivity (Wildman–Crippen MR) is 142 cm³/mol. The van der Waals surface area contributed by atoms with Crippen molar-refractivity contribution in [3.8, 4) is 0 Å². The molecule has 0 radical (unpaired) electrons. The number of anilines is 2. The van der Waals surface area contributed by atoms with Crippen LogP contribution in [-0.4, -0.2) is 51.9 Å². The molecule has 1 saturated carbocycles. The van der Waals surface area contributed by atoms with Gasteiger partial charge in [0.1, 0.15) is 5.69 Å². The Morgan fingerprint density at radius 2 is 1.88 bits per heavy atom. The lowest BCUT2D eigenvalue weighted by atomic mass is 9.89. The number of nitrogens with zero attached hydrogens (tertiary/aromatic N) is 3. The monoisotopic (exact) mass is 551 g/mol. The van der Waals surface area contributed by atoms with Crippen LogP contribution in [-0.2, 0) is 15.7 Å². The molecule has 2 heterocycles. The van der Waals surface area contributed by atoms with E-state index in [-0.39, 0.29) is 11.4 Å². The molecule has 0 spiro atoms. The number of nitrogens with two attached hydrogens (primary N) is 1. The Morgan fingerprint density at radius 1 is 1.15 bits per heavy atom. The van der Waals surface area contributed by atoms with Crippen LogP contribution in [0.2, 0.25) is 0 Å². The third kappa shape index (κ3) is 5.64. The Morgan fingerprint density at radius 3 is 2.55 bits per heavy atom. The molecule has 2 aromatic carbocycles. The number of fused-ring (bicyclic) bond motifs is 1. The van der Waals surface area contributed by atoms with E-state index in [0.717, 1.165) is 11.6 Å². The summed E-state index contributed by atoms with van der Waals surface area (Å²) in [5.74, 6) is -1.32. The Kier molecular flexibility index (Phi) is 7.22. The number of hydrogen-bond donors (Lipinski definition) is 5. The Balaban J connectivity index is 1.43. The summed E-state index contributed by atoms with van der Waals surface area (Å²) >= 11 is 0. The fraction of sp³-hybridized carbons (Fsp3) is 0.222. The summed E-state index contributed by atoms with van der Waals surface area (Å²) in [6.07, 6.45) is -5.24. The molecule has 13 heteroatoms. The van der Waals surface area contributed by atoms with Crippen LogP contribution in [0.1, 0.15) is 35.2 Å². The minimum atomic E-state index is -4.68. The van der Waals surface area contributed by atoms with Crippen LogP contribution in [0.4, 0.5) is 24.5 Å². The van der Waals surface area contributed by atoms with E-state index in [1.807, 2.05) is 30.3 Å². The van der Waals surface area contributed by atoms with Crippen LogP contribution < -0.4 is 16.4 Å². The first-order valence-electron chi connectivity index (χ1n) is 12.3. The second-order valence-corrected chi connectivity index (χ2v) is 9.16. The summed E-state index contributed by atoms with van der Waals surface area (Å²) < 4.78 is 45.2. The summed E-state index contributed by atoms with van der Waals surface area (Å²) in [7, 11) is 0. The van der Waals surface area contributed by atoms with Crippen LogP contribution in [0.3, 0.4) is 0 Å². The van der Waals surface area contributed by atoms with Gasteiger partial charge in [-0.3, -0.25) is 10.2 Å². The maximum absolute atomic E-state index is 13.3. The first-order valence-corrected chi connectivity index (χ1v) is 12.3. The average molecular weight is 552 g/mol. The summed E-state index contributed by atoms with van der Waals surface area (Å²) in [6, 6.07) is 15.9. The number of ether oxygens (including phenoxy) is 1. The molecule has 5 rings (SSSR count). The molecule has 0 saturated heterocycles. The minimum absolute atomic E-state index is 0.164. The highest BCUT2D eigenvalue weighted by Gasteiger charge is 2.35. The van der Waals surface area contributed by atoms with Gasteiger partial charge < -0.3 is 26.2 Å². The van der Waals surface area contributed by atoms with Crippen molar-refractivity contribution in [1.82, 2.24) is 4.98 Å². The number of amidine groups is 1. The maximum Gasteiger partial charge on any atom is 0.417 e. The first-order chi connectivity index (χ1) is 19.1. The number of rotatable bonds is 5. The van der Waals surface area contributed by atoms with Crippen LogP contribution in [0, 0.1) is 5.41 Å². The number of carbonyl (C=O) groups excluding carboxylic acids is 1. The van der Waals surface area contributed by atoms with E-state index in [1.54, 1.807) is 24.3 Å². The quantitative estimate of drug-likeness (QED) is 0.241. The molecule has 3 aromatic rings. The van der Waals surface area contributed by atoms with Gasteiger partial charge in [-0.1, -0.05) is 48.5 Å². The number of hydrogen-bond acceptors (Lipinski definition) is 8. The van der Waals surface area contributed by atoms with Crippen molar-refractivity contribution >= 4 is 34.9 Å². The first kappa shape index (κ1) is 26.8. The van der Waals surface area contributed by atoms with Crippen molar-refractivity contribution in [3.05, 3.63) is 89.2 Å². The third-order valence-electron chi connectivity index (χ3n) is 6.44. The number of pyridine rings is 1. The zero-order valence-electron chi connectivity index (χ0n) is 20.8. The van der Waals surface area contributed by atoms with Gasteiger partial charge in [0.15, 0.2) is 0 Å². The number of aliphatic hydroxyl groups is 1. The largest absolute Gasteiger partial charge is 0.417 e. The number of nitrogens with one attached hydrogen (secondary N) is 3. The standard InChI is InChI=1S/C27H24F3N7O3/c28-27(29,30)15-12-19(34-18-10-11-20(18)38)22(33-13-15)23(31)40-26(32)37-24-25(39)35-17-9-5-4-8-16(17)21(36-24)14-6-2-1-3-7-14/h1-9,12-13,18,20,24,31,34,38H,10-11H2,(H2,32,37)(H,35,39)/t18-,20+,24+/m0/s1. The lowest BCUT2D eigenvalue weighted by Crippen LogP contribution is -2.43. The van der Waals surface area contributed by atoms with Crippen LogP contribution in [0.25, 0.3) is 0 Å². The van der Waals surface area contributed by atoms with E-state index >= 15 is 0 Å². The molecule has 1 aliphatic heterocycles. The lowest BCUT2D eigenvalue weighted by Gasteiger charge is -2.34. The van der Waals surface area contributed by atoms with Gasteiger partial charge in [0.2, 0.25) is 12.1 Å². The molecule has 0 unspecified atom stereocenters. The molecule has 40 heavy (non-hydrogen) atoms. The van der Waals surface area contributed by atoms with Gasteiger partial charge >= 0.3 is 6.18 Å². The molecular weight excluding hydrogens is 527 g/mol. The number of halogens is 3. The highest BCUT2D eigenvalue weighted by atomic mass is 19.4. The van der Waals surface area contributed by atoms with Gasteiger partial charge in [-0.05, 0) is 25.0 Å².